The summed E-state index contributed by atoms with van der Waals surface area (Å²) in [5, 5.41) is 2.75. The predicted molar refractivity (Wildman–Crippen MR) is 154 cm³/mol. The molecule has 3 aromatic rings. The van der Waals surface area contributed by atoms with Crippen molar-refractivity contribution in [3.8, 4) is 11.1 Å². The van der Waals surface area contributed by atoms with Crippen LogP contribution in [0.15, 0.2) is 67.1 Å². The highest BCUT2D eigenvalue weighted by Gasteiger charge is 2.21. The molecule has 0 bridgehead atoms. The van der Waals surface area contributed by atoms with Gasteiger partial charge in [0.25, 0.3) is 0 Å². The van der Waals surface area contributed by atoms with Gasteiger partial charge < -0.3 is 27.3 Å². The molecule has 0 fully saturated rings. The van der Waals surface area contributed by atoms with Crippen molar-refractivity contribution in [1.29, 1.82) is 0 Å². The molecule has 0 unspecified atom stereocenters. The zero-order chi connectivity index (χ0) is 28.7. The summed E-state index contributed by atoms with van der Waals surface area (Å²) in [7, 11) is 5.42. The van der Waals surface area contributed by atoms with E-state index in [1.807, 2.05) is 59.1 Å². The number of aldehydes is 1. The van der Waals surface area contributed by atoms with Gasteiger partial charge in [-0.2, -0.15) is 0 Å². The number of nitrogens with one attached hydrogen (secondary N) is 1. The van der Waals surface area contributed by atoms with Crippen molar-refractivity contribution in [3.05, 3.63) is 95.2 Å². The van der Waals surface area contributed by atoms with E-state index in [-0.39, 0.29) is 6.41 Å². The Morgan fingerprint density at radius 1 is 0.974 bits per heavy atom. The number of nitrogens with two attached hydrogens (primary N) is 3. The third-order valence-corrected chi connectivity index (χ3v) is 5.49. The number of allylic oxidation sites excluding steroid dienone is 2. The van der Waals surface area contributed by atoms with Gasteiger partial charge >= 0.3 is 0 Å². The van der Waals surface area contributed by atoms with E-state index in [0.29, 0.717) is 23.3 Å². The van der Waals surface area contributed by atoms with E-state index in [1.165, 1.54) is 6.20 Å². The molecule has 0 saturated carbocycles. The molecule has 9 heteroatoms. The van der Waals surface area contributed by atoms with E-state index in [0.717, 1.165) is 33.5 Å². The largest absolute Gasteiger partial charge is 0.404 e. The molecule has 1 aromatic carbocycles. The van der Waals surface area contributed by atoms with Crippen LogP contribution in [0.2, 0.25) is 0 Å². The standard InChI is InChI=1S/C26H28N4O2.C2H7N.CH3NO/c1-17-5-6-18(20-8-10-30-25(14-20)26(2,3)32-4)12-23(17)24(28)13-21(15-27)19-7-9-29-22(11-19)16-31;1-3-2;2-1-3/h5-16H,27-28H2,1-4H3;3H,1-2H3;1H,(H2,2,3)/b21-15+,24-13-;;. The Hall–Kier alpha value is -4.34. The fraction of sp³-hybridized carbons (Fsp3) is 0.241. The van der Waals surface area contributed by atoms with Crippen molar-refractivity contribution in [2.45, 2.75) is 26.4 Å². The molecular formula is C29H38N6O3. The molecule has 202 valence electrons. The van der Waals surface area contributed by atoms with Crippen molar-refractivity contribution in [1.82, 2.24) is 15.3 Å². The number of nitrogens with zero attached hydrogens (tertiary/aromatic N) is 2. The first-order valence-electron chi connectivity index (χ1n) is 11.8. The number of aryl methyl sites for hydroxylation is 1. The lowest BCUT2D eigenvalue weighted by atomic mass is 9.95. The van der Waals surface area contributed by atoms with Crippen LogP contribution in [0.3, 0.4) is 0 Å². The molecule has 0 radical (unpaired) electrons. The number of pyridine rings is 2. The van der Waals surface area contributed by atoms with Gasteiger partial charge in [0.15, 0.2) is 6.29 Å². The number of hydrogen-bond donors (Lipinski definition) is 4. The van der Waals surface area contributed by atoms with Gasteiger partial charge in [-0.3, -0.25) is 19.6 Å². The van der Waals surface area contributed by atoms with Gasteiger partial charge in [-0.25, -0.2) is 0 Å². The quantitative estimate of drug-likeness (QED) is 0.274. The maximum Gasteiger partial charge on any atom is 0.204 e. The number of amides is 1. The zero-order valence-electron chi connectivity index (χ0n) is 22.9. The molecule has 1 amide bonds. The summed E-state index contributed by atoms with van der Waals surface area (Å²) in [6.07, 6.45) is 7.58. The monoisotopic (exact) mass is 518 g/mol. The third-order valence-electron chi connectivity index (χ3n) is 5.49. The van der Waals surface area contributed by atoms with Gasteiger partial charge in [0.2, 0.25) is 6.41 Å². The van der Waals surface area contributed by atoms with Crippen LogP contribution >= 0.6 is 0 Å². The molecule has 0 aliphatic carbocycles. The highest BCUT2D eigenvalue weighted by molar-refractivity contribution is 5.85. The Morgan fingerprint density at radius 3 is 2.16 bits per heavy atom. The summed E-state index contributed by atoms with van der Waals surface area (Å²) in [6, 6.07) is 13.6. The molecule has 2 aromatic heterocycles. The first kappa shape index (κ1) is 31.7. The lowest BCUT2D eigenvalue weighted by Crippen LogP contribution is -2.20. The maximum atomic E-state index is 11.1. The van der Waals surface area contributed by atoms with Gasteiger partial charge in [0.05, 0.1) is 5.69 Å². The fourth-order valence-electron chi connectivity index (χ4n) is 3.32. The lowest BCUT2D eigenvalue weighted by Gasteiger charge is -2.22. The van der Waals surface area contributed by atoms with E-state index in [4.69, 9.17) is 21.0 Å². The molecule has 0 spiro atoms. The summed E-state index contributed by atoms with van der Waals surface area (Å²) in [5.74, 6) is 0. The maximum absolute atomic E-state index is 11.1. The molecule has 0 atom stereocenters. The Kier molecular flexibility index (Phi) is 13.1. The summed E-state index contributed by atoms with van der Waals surface area (Å²) in [5.41, 5.74) is 23.2. The average Bonchev–Trinajstić information content (AvgIpc) is 2.92. The minimum absolute atomic E-state index is 0.250. The number of primary amides is 1. The van der Waals surface area contributed by atoms with E-state index >= 15 is 0 Å². The minimum Gasteiger partial charge on any atom is -0.404 e. The second kappa shape index (κ2) is 15.7. The van der Waals surface area contributed by atoms with Gasteiger partial charge in [-0.15, -0.1) is 0 Å². The lowest BCUT2D eigenvalue weighted by molar-refractivity contribution is -0.106. The van der Waals surface area contributed by atoms with Gasteiger partial charge in [0, 0.05) is 37.0 Å². The topological polar surface area (TPSA) is 159 Å². The summed E-state index contributed by atoms with van der Waals surface area (Å²) in [4.78, 5) is 28.1. The van der Waals surface area contributed by atoms with Gasteiger partial charge in [-0.05, 0) is 99.1 Å². The number of carbonyl (C=O) groups excluding carboxylic acids is 2. The van der Waals surface area contributed by atoms with Crippen LogP contribution in [-0.2, 0) is 15.1 Å². The molecule has 3 rings (SSSR count). The van der Waals surface area contributed by atoms with E-state index in [1.54, 1.807) is 31.6 Å². The molecule has 0 aliphatic heterocycles. The van der Waals surface area contributed by atoms with Crippen LogP contribution in [0.5, 0.6) is 0 Å². The second-order valence-corrected chi connectivity index (χ2v) is 8.62. The highest BCUT2D eigenvalue weighted by Crippen LogP contribution is 2.30. The molecule has 38 heavy (non-hydrogen) atoms. The number of methoxy groups -OCH3 is 1. The first-order valence-corrected chi connectivity index (χ1v) is 11.8. The summed E-state index contributed by atoms with van der Waals surface area (Å²) in [6.45, 7) is 5.97. The second-order valence-electron chi connectivity index (χ2n) is 8.62. The Labute approximate surface area is 224 Å². The average molecular weight is 519 g/mol. The summed E-state index contributed by atoms with van der Waals surface area (Å²) < 4.78 is 5.57. The van der Waals surface area contributed by atoms with Crippen molar-refractivity contribution in [2.75, 3.05) is 21.2 Å². The van der Waals surface area contributed by atoms with E-state index < -0.39 is 5.60 Å². The molecule has 0 saturated heterocycles. The zero-order valence-corrected chi connectivity index (χ0v) is 22.9. The Morgan fingerprint density at radius 2 is 1.58 bits per heavy atom. The van der Waals surface area contributed by atoms with Crippen molar-refractivity contribution >= 4 is 24.0 Å². The number of ether oxygens (including phenoxy) is 1. The summed E-state index contributed by atoms with van der Waals surface area (Å²) >= 11 is 0. The smallest absolute Gasteiger partial charge is 0.204 e. The number of hydrogen-bond acceptors (Lipinski definition) is 8. The minimum atomic E-state index is -0.492. The SMILES string of the molecule is CNC.COC(C)(C)c1cc(-c2ccc(C)c(/C(N)=C/C(=C\N)c3ccnc(C=O)c3)c2)ccn1.NC=O. The highest BCUT2D eigenvalue weighted by atomic mass is 16.5. The number of rotatable bonds is 7. The van der Waals surface area contributed by atoms with Crippen LogP contribution in [0, 0.1) is 6.92 Å². The molecular weight excluding hydrogens is 480 g/mol. The van der Waals surface area contributed by atoms with Gasteiger partial charge in [-0.1, -0.05) is 12.1 Å². The third kappa shape index (κ3) is 8.95. The van der Waals surface area contributed by atoms with Crippen molar-refractivity contribution < 1.29 is 14.3 Å². The van der Waals surface area contributed by atoms with Crippen LogP contribution in [0.4, 0.5) is 0 Å². The van der Waals surface area contributed by atoms with E-state index in [2.05, 4.69) is 33.2 Å². The van der Waals surface area contributed by atoms with Crippen LogP contribution in [0.25, 0.3) is 22.4 Å². The normalized spacial score (nSPS) is 11.4. The number of benzene rings is 1. The van der Waals surface area contributed by atoms with Crippen molar-refractivity contribution in [2.24, 2.45) is 17.2 Å². The Balaban J connectivity index is 0.00000110. The number of carbonyl (C=O) groups is 2. The molecule has 9 nitrogen and oxygen atoms in total. The Bertz CT molecular complexity index is 1270. The molecule has 2 heterocycles. The van der Waals surface area contributed by atoms with Gasteiger partial charge in [0.1, 0.15) is 11.3 Å². The van der Waals surface area contributed by atoms with E-state index in [9.17, 15) is 4.79 Å². The van der Waals surface area contributed by atoms with Crippen molar-refractivity contribution in [3.63, 3.8) is 0 Å². The predicted octanol–water partition coefficient (Wildman–Crippen LogP) is 3.38. The van der Waals surface area contributed by atoms with Crippen LogP contribution in [0.1, 0.15) is 46.7 Å². The van der Waals surface area contributed by atoms with Crippen LogP contribution < -0.4 is 22.5 Å². The first-order chi connectivity index (χ1) is 18.1. The fourth-order valence-corrected chi connectivity index (χ4v) is 3.32. The molecule has 7 N–H and O–H groups in total. The number of aromatic nitrogens is 2. The molecule has 0 aliphatic rings. The van der Waals surface area contributed by atoms with Crippen LogP contribution in [-0.4, -0.2) is 43.9 Å².